The van der Waals surface area contributed by atoms with Crippen molar-refractivity contribution in [2.45, 2.75) is 26.7 Å². The molecule has 0 aromatic heterocycles. The molecule has 1 aliphatic carbocycles. The molecular formula is C16H20O2. The molecule has 1 unspecified atom stereocenters. The molecular weight excluding hydrogens is 224 g/mol. The largest absolute Gasteiger partial charge is 0.507 e. The van der Waals surface area contributed by atoms with Gasteiger partial charge in [-0.15, -0.1) is 0 Å². The second kappa shape index (κ2) is 4.89. The van der Waals surface area contributed by atoms with E-state index in [0.717, 1.165) is 24.0 Å². The first-order chi connectivity index (χ1) is 8.50. The van der Waals surface area contributed by atoms with E-state index in [1.54, 1.807) is 18.2 Å². The highest BCUT2D eigenvalue weighted by molar-refractivity contribution is 5.78. The Morgan fingerprint density at radius 3 is 2.39 bits per heavy atom. The van der Waals surface area contributed by atoms with Crippen molar-refractivity contribution in [1.82, 2.24) is 0 Å². The molecule has 2 heteroatoms. The first-order valence-electron chi connectivity index (χ1n) is 6.39. The van der Waals surface area contributed by atoms with Crippen LogP contribution in [-0.2, 0) is 0 Å². The summed E-state index contributed by atoms with van der Waals surface area (Å²) in [6.45, 7) is 8.20. The maximum Gasteiger partial charge on any atom is 0.126 e. The van der Waals surface area contributed by atoms with Gasteiger partial charge in [-0.3, -0.25) is 0 Å². The number of allylic oxidation sites excluding steroid dienone is 3. The summed E-state index contributed by atoms with van der Waals surface area (Å²) in [5.74, 6) is 0.971. The Morgan fingerprint density at radius 2 is 1.83 bits per heavy atom. The van der Waals surface area contributed by atoms with Crippen molar-refractivity contribution in [3.63, 3.8) is 0 Å². The number of rotatable bonds is 2. The molecule has 1 aromatic rings. The molecule has 0 amide bonds. The molecule has 2 atom stereocenters. The van der Waals surface area contributed by atoms with Crippen molar-refractivity contribution in [1.29, 1.82) is 0 Å². The normalized spacial score (nSPS) is 23.6. The fourth-order valence-corrected chi connectivity index (χ4v) is 2.68. The molecule has 0 saturated carbocycles. The van der Waals surface area contributed by atoms with E-state index < -0.39 is 0 Å². The van der Waals surface area contributed by atoms with E-state index in [-0.39, 0.29) is 17.4 Å². The number of phenols is 2. The van der Waals surface area contributed by atoms with Gasteiger partial charge in [-0.05, 0) is 43.4 Å². The second-order valence-electron chi connectivity index (χ2n) is 5.25. The van der Waals surface area contributed by atoms with Crippen molar-refractivity contribution in [3.05, 3.63) is 42.0 Å². The van der Waals surface area contributed by atoms with Crippen molar-refractivity contribution >= 4 is 5.57 Å². The van der Waals surface area contributed by atoms with Crippen LogP contribution in [0.5, 0.6) is 11.5 Å². The standard InChI is InChI=1S/C16H20O2/c1-10(2)12-8-7-11(3)9-13(12)16-14(17)5-4-6-15(16)18/h4-6,9,11-12,17-18H,1,7-8H2,2-3H3/t11?,12-/m0/s1. The van der Waals surface area contributed by atoms with Crippen LogP contribution in [0.4, 0.5) is 0 Å². The molecule has 18 heavy (non-hydrogen) atoms. The fraction of sp³-hybridized carbons (Fsp3) is 0.375. The van der Waals surface area contributed by atoms with Crippen LogP contribution in [0.1, 0.15) is 32.3 Å². The maximum absolute atomic E-state index is 10.00. The summed E-state index contributed by atoms with van der Waals surface area (Å²) in [6, 6.07) is 4.88. The van der Waals surface area contributed by atoms with Gasteiger partial charge < -0.3 is 10.2 Å². The first-order valence-corrected chi connectivity index (χ1v) is 6.39. The predicted octanol–water partition coefficient (Wildman–Crippen LogP) is 4.10. The van der Waals surface area contributed by atoms with Crippen LogP contribution in [-0.4, -0.2) is 10.2 Å². The molecule has 0 heterocycles. The number of hydrogen-bond donors (Lipinski definition) is 2. The summed E-state index contributed by atoms with van der Waals surface area (Å²) in [5.41, 5.74) is 2.66. The number of aromatic hydroxyl groups is 2. The lowest BCUT2D eigenvalue weighted by atomic mass is 9.76. The monoisotopic (exact) mass is 244 g/mol. The molecule has 0 bridgehead atoms. The van der Waals surface area contributed by atoms with E-state index in [0.29, 0.717) is 11.5 Å². The number of phenolic OH excluding ortho intramolecular Hbond substituents is 2. The third-order valence-corrected chi connectivity index (χ3v) is 3.65. The van der Waals surface area contributed by atoms with Crippen molar-refractivity contribution < 1.29 is 10.2 Å². The maximum atomic E-state index is 10.00. The molecule has 0 aliphatic heterocycles. The van der Waals surface area contributed by atoms with E-state index in [1.165, 1.54) is 0 Å². The van der Waals surface area contributed by atoms with Crippen LogP contribution in [0.2, 0.25) is 0 Å². The molecule has 96 valence electrons. The van der Waals surface area contributed by atoms with Crippen LogP contribution in [0.3, 0.4) is 0 Å². The molecule has 1 aliphatic rings. The van der Waals surface area contributed by atoms with Crippen LogP contribution in [0, 0.1) is 11.8 Å². The predicted molar refractivity (Wildman–Crippen MR) is 74.5 cm³/mol. The summed E-state index contributed by atoms with van der Waals surface area (Å²) >= 11 is 0. The smallest absolute Gasteiger partial charge is 0.126 e. The molecule has 0 saturated heterocycles. The summed E-state index contributed by atoms with van der Waals surface area (Å²) in [4.78, 5) is 0. The average Bonchev–Trinajstić information content (AvgIpc) is 2.28. The van der Waals surface area contributed by atoms with Crippen molar-refractivity contribution in [2.75, 3.05) is 0 Å². The molecule has 0 fully saturated rings. The van der Waals surface area contributed by atoms with Gasteiger partial charge in [0.25, 0.3) is 0 Å². The highest BCUT2D eigenvalue weighted by atomic mass is 16.3. The minimum Gasteiger partial charge on any atom is -0.507 e. The zero-order valence-electron chi connectivity index (χ0n) is 11.0. The minimum absolute atomic E-state index is 0.140. The molecule has 2 N–H and O–H groups in total. The van der Waals surface area contributed by atoms with Gasteiger partial charge in [-0.1, -0.05) is 31.2 Å². The van der Waals surface area contributed by atoms with Gasteiger partial charge in [0.05, 0.1) is 5.56 Å². The van der Waals surface area contributed by atoms with E-state index >= 15 is 0 Å². The summed E-state index contributed by atoms with van der Waals surface area (Å²) in [6.07, 6.45) is 4.29. The summed E-state index contributed by atoms with van der Waals surface area (Å²) in [5, 5.41) is 20.0. The quantitative estimate of drug-likeness (QED) is 0.769. The van der Waals surface area contributed by atoms with Crippen LogP contribution < -0.4 is 0 Å². The van der Waals surface area contributed by atoms with Crippen LogP contribution >= 0.6 is 0 Å². The lowest BCUT2D eigenvalue weighted by molar-refractivity contribution is 0.443. The summed E-state index contributed by atoms with van der Waals surface area (Å²) in [7, 11) is 0. The van der Waals surface area contributed by atoms with Crippen molar-refractivity contribution in [2.24, 2.45) is 11.8 Å². The van der Waals surface area contributed by atoms with E-state index in [1.807, 2.05) is 6.92 Å². The van der Waals surface area contributed by atoms with Gasteiger partial charge >= 0.3 is 0 Å². The Balaban J connectivity index is 2.55. The van der Waals surface area contributed by atoms with Gasteiger partial charge in [0.1, 0.15) is 11.5 Å². The average molecular weight is 244 g/mol. The Kier molecular flexibility index (Phi) is 3.46. The van der Waals surface area contributed by atoms with Crippen molar-refractivity contribution in [3.8, 4) is 11.5 Å². The molecule has 2 nitrogen and oxygen atoms in total. The molecule has 1 aromatic carbocycles. The Morgan fingerprint density at radius 1 is 1.22 bits per heavy atom. The second-order valence-corrected chi connectivity index (χ2v) is 5.25. The SMILES string of the molecule is C=C(C)[C@@H]1CCC(C)C=C1c1c(O)cccc1O. The number of benzene rings is 1. The zero-order valence-corrected chi connectivity index (χ0v) is 11.0. The van der Waals surface area contributed by atoms with Gasteiger partial charge in [0, 0.05) is 5.92 Å². The van der Waals surface area contributed by atoms with Crippen LogP contribution in [0.25, 0.3) is 5.57 Å². The highest BCUT2D eigenvalue weighted by Crippen LogP contribution is 2.44. The molecule has 0 radical (unpaired) electrons. The molecule has 2 rings (SSSR count). The van der Waals surface area contributed by atoms with E-state index in [9.17, 15) is 10.2 Å². The topological polar surface area (TPSA) is 40.5 Å². The third-order valence-electron chi connectivity index (χ3n) is 3.65. The summed E-state index contributed by atoms with van der Waals surface area (Å²) < 4.78 is 0. The number of hydrogen-bond acceptors (Lipinski definition) is 2. The van der Waals surface area contributed by atoms with Gasteiger partial charge in [-0.2, -0.15) is 0 Å². The lowest BCUT2D eigenvalue weighted by Crippen LogP contribution is -2.13. The zero-order chi connectivity index (χ0) is 13.3. The molecule has 0 spiro atoms. The minimum atomic E-state index is 0.140. The Labute approximate surface area is 108 Å². The lowest BCUT2D eigenvalue weighted by Gasteiger charge is -2.28. The van der Waals surface area contributed by atoms with Gasteiger partial charge in [0.2, 0.25) is 0 Å². The Bertz CT molecular complexity index is 480. The third kappa shape index (κ3) is 2.28. The van der Waals surface area contributed by atoms with Gasteiger partial charge in [-0.25, -0.2) is 0 Å². The van der Waals surface area contributed by atoms with Gasteiger partial charge in [0.15, 0.2) is 0 Å². The Hall–Kier alpha value is -1.70. The van der Waals surface area contributed by atoms with E-state index in [4.69, 9.17) is 0 Å². The van der Waals surface area contributed by atoms with Crippen LogP contribution in [0.15, 0.2) is 36.4 Å². The first kappa shape index (κ1) is 12.7. The van der Waals surface area contributed by atoms with E-state index in [2.05, 4.69) is 19.6 Å². The highest BCUT2D eigenvalue weighted by Gasteiger charge is 2.26. The fourth-order valence-electron chi connectivity index (χ4n) is 2.68.